The zero-order valence-electron chi connectivity index (χ0n) is 14.6. The second-order valence-corrected chi connectivity index (χ2v) is 8.16. The van der Waals surface area contributed by atoms with Gasteiger partial charge in [0.25, 0.3) is 0 Å². The van der Waals surface area contributed by atoms with Crippen LogP contribution in [0, 0.1) is 18.6 Å². The Morgan fingerprint density at radius 3 is 2.11 bits per heavy atom. The van der Waals surface area contributed by atoms with Crippen LogP contribution in [0.15, 0.2) is 47.4 Å². The topological polar surface area (TPSA) is 52.0 Å². The first-order valence-electron chi connectivity index (χ1n) is 7.81. The van der Waals surface area contributed by atoms with Gasteiger partial charge in [0.05, 0.1) is 11.4 Å². The number of hydrogen-bond donors (Lipinski definition) is 0. The Hall–Kier alpha value is -2.75. The van der Waals surface area contributed by atoms with Crippen LogP contribution in [0.3, 0.4) is 0 Å². The third-order valence-corrected chi connectivity index (χ3v) is 5.04. The molecule has 0 amide bonds. The van der Waals surface area contributed by atoms with Crippen LogP contribution in [0.2, 0.25) is 0 Å². The molecule has 0 fully saturated rings. The Balaban J connectivity index is 2.29. The van der Waals surface area contributed by atoms with Gasteiger partial charge in [0.1, 0.15) is 16.5 Å². The van der Waals surface area contributed by atoms with Crippen molar-refractivity contribution in [2.75, 3.05) is 6.26 Å². The summed E-state index contributed by atoms with van der Waals surface area (Å²) in [5, 5.41) is 3.44. The Morgan fingerprint density at radius 2 is 1.61 bits per heavy atom. The van der Waals surface area contributed by atoms with E-state index in [1.165, 1.54) is 6.07 Å². The molecule has 0 spiro atoms. The molecule has 0 N–H and O–H groups in total. The number of hydrogen-bond acceptors (Lipinski definition) is 3. The normalized spacial score (nSPS) is 12.4. The summed E-state index contributed by atoms with van der Waals surface area (Å²) in [6.45, 7) is 1.73. The molecule has 0 aliphatic rings. The van der Waals surface area contributed by atoms with Gasteiger partial charge in [-0.3, -0.25) is 0 Å². The fraction of sp³-hybridized carbons (Fsp3) is 0.167. The highest BCUT2D eigenvalue weighted by Gasteiger charge is 2.35. The quantitative estimate of drug-likeness (QED) is 0.589. The Labute approximate surface area is 157 Å². The van der Waals surface area contributed by atoms with Crippen molar-refractivity contribution >= 4 is 9.84 Å². The molecule has 148 valence electrons. The molecule has 1 heterocycles. The number of aryl methyl sites for hydroxylation is 1. The molecule has 0 atom stereocenters. The molecule has 4 nitrogen and oxygen atoms in total. The average Bonchev–Trinajstić information content (AvgIpc) is 2.98. The van der Waals surface area contributed by atoms with E-state index in [1.54, 1.807) is 25.1 Å². The SMILES string of the molecule is Cc1cccc(-c2cc(C(F)(F)F)nn2-c2cc(F)c(S(C)(=O)=O)c(F)c2)c1. The molecular weight excluding hydrogens is 403 g/mol. The Kier molecular flexibility index (Phi) is 4.78. The fourth-order valence-electron chi connectivity index (χ4n) is 2.75. The number of nitrogens with zero attached hydrogens (tertiary/aromatic N) is 2. The van der Waals surface area contributed by atoms with E-state index in [0.717, 1.165) is 16.3 Å². The van der Waals surface area contributed by atoms with E-state index in [-0.39, 0.29) is 11.4 Å². The van der Waals surface area contributed by atoms with Gasteiger partial charge in [-0.25, -0.2) is 21.9 Å². The van der Waals surface area contributed by atoms with E-state index >= 15 is 0 Å². The van der Waals surface area contributed by atoms with Gasteiger partial charge in [-0.1, -0.05) is 23.8 Å². The lowest BCUT2D eigenvalue weighted by molar-refractivity contribution is -0.141. The second-order valence-electron chi connectivity index (χ2n) is 6.20. The summed E-state index contributed by atoms with van der Waals surface area (Å²) in [5.74, 6) is -2.84. The lowest BCUT2D eigenvalue weighted by Crippen LogP contribution is -2.10. The van der Waals surface area contributed by atoms with Gasteiger partial charge >= 0.3 is 6.18 Å². The molecule has 0 saturated carbocycles. The number of rotatable bonds is 3. The van der Waals surface area contributed by atoms with Gasteiger partial charge in [-0.2, -0.15) is 18.3 Å². The van der Waals surface area contributed by atoms with E-state index in [4.69, 9.17) is 0 Å². The largest absolute Gasteiger partial charge is 0.435 e. The number of halogens is 5. The maximum absolute atomic E-state index is 14.2. The highest BCUT2D eigenvalue weighted by molar-refractivity contribution is 7.90. The molecule has 0 saturated heterocycles. The van der Waals surface area contributed by atoms with Gasteiger partial charge in [0.15, 0.2) is 15.5 Å². The predicted octanol–water partition coefficient (Wildman–Crippen LogP) is 4.55. The minimum atomic E-state index is -4.78. The van der Waals surface area contributed by atoms with Crippen LogP contribution in [0.25, 0.3) is 16.9 Å². The zero-order valence-corrected chi connectivity index (χ0v) is 15.4. The molecule has 3 rings (SSSR count). The maximum atomic E-state index is 14.2. The zero-order chi connectivity index (χ0) is 20.9. The molecule has 10 heteroatoms. The van der Waals surface area contributed by atoms with Crippen LogP contribution < -0.4 is 0 Å². The van der Waals surface area contributed by atoms with Crippen LogP contribution in [0.4, 0.5) is 22.0 Å². The van der Waals surface area contributed by atoms with Crippen LogP contribution in [0.1, 0.15) is 11.3 Å². The fourth-order valence-corrected chi connectivity index (χ4v) is 3.58. The van der Waals surface area contributed by atoms with Crippen molar-refractivity contribution in [3.8, 4) is 16.9 Å². The van der Waals surface area contributed by atoms with Crippen LogP contribution in [-0.4, -0.2) is 24.5 Å². The van der Waals surface area contributed by atoms with Crippen LogP contribution in [0.5, 0.6) is 0 Å². The molecule has 0 aliphatic carbocycles. The molecule has 0 bridgehead atoms. The van der Waals surface area contributed by atoms with Gasteiger partial charge in [0.2, 0.25) is 0 Å². The third kappa shape index (κ3) is 3.77. The third-order valence-electron chi connectivity index (χ3n) is 3.91. The van der Waals surface area contributed by atoms with Gasteiger partial charge in [0, 0.05) is 24.0 Å². The first-order valence-corrected chi connectivity index (χ1v) is 9.71. The summed E-state index contributed by atoms with van der Waals surface area (Å²) in [5.41, 5.74) is -0.590. The van der Waals surface area contributed by atoms with Gasteiger partial charge < -0.3 is 0 Å². The van der Waals surface area contributed by atoms with E-state index < -0.39 is 38.2 Å². The molecular formula is C18H13F5N2O2S. The number of aromatic nitrogens is 2. The van der Waals surface area contributed by atoms with Crippen LogP contribution in [-0.2, 0) is 16.0 Å². The number of alkyl halides is 3. The summed E-state index contributed by atoms with van der Waals surface area (Å²) in [6.07, 6.45) is -4.16. The summed E-state index contributed by atoms with van der Waals surface area (Å²) in [4.78, 5) is -1.16. The molecule has 0 unspecified atom stereocenters. The predicted molar refractivity (Wildman–Crippen MR) is 91.8 cm³/mol. The van der Waals surface area contributed by atoms with Crippen molar-refractivity contribution in [2.45, 2.75) is 18.0 Å². The molecule has 2 aromatic carbocycles. The first kappa shape index (κ1) is 20.0. The second kappa shape index (κ2) is 6.69. The van der Waals surface area contributed by atoms with E-state index in [1.807, 2.05) is 0 Å². The first-order chi connectivity index (χ1) is 12.9. The van der Waals surface area contributed by atoms with Gasteiger partial charge in [-0.05, 0) is 19.1 Å². The van der Waals surface area contributed by atoms with E-state index in [2.05, 4.69) is 5.10 Å². The Bertz CT molecular complexity index is 1140. The summed E-state index contributed by atoms with van der Waals surface area (Å²) in [6, 6.07) is 8.48. The minimum absolute atomic E-state index is 0.0538. The van der Waals surface area contributed by atoms with Crippen molar-refractivity contribution in [2.24, 2.45) is 0 Å². The van der Waals surface area contributed by atoms with E-state index in [9.17, 15) is 30.4 Å². The smallest absolute Gasteiger partial charge is 0.232 e. The summed E-state index contributed by atoms with van der Waals surface area (Å²) < 4.78 is 91.8. The minimum Gasteiger partial charge on any atom is -0.232 e. The van der Waals surface area contributed by atoms with E-state index in [0.29, 0.717) is 24.0 Å². The lowest BCUT2D eigenvalue weighted by atomic mass is 10.1. The van der Waals surface area contributed by atoms with Crippen LogP contribution >= 0.6 is 0 Å². The molecule has 1 aromatic heterocycles. The highest BCUT2D eigenvalue weighted by Crippen LogP contribution is 2.34. The maximum Gasteiger partial charge on any atom is 0.435 e. The monoisotopic (exact) mass is 416 g/mol. The van der Waals surface area contributed by atoms with Gasteiger partial charge in [-0.15, -0.1) is 0 Å². The standard InChI is InChI=1S/C18H13F5N2O2S/c1-10-4-3-5-11(6-10)15-9-16(18(21,22)23)24-25(15)12-7-13(19)17(14(20)8-12)28(2,26)27/h3-9H,1-2H3. The molecule has 28 heavy (non-hydrogen) atoms. The van der Waals surface area contributed by atoms with Crippen molar-refractivity contribution in [3.63, 3.8) is 0 Å². The Morgan fingerprint density at radius 1 is 1.00 bits per heavy atom. The summed E-state index contributed by atoms with van der Waals surface area (Å²) >= 11 is 0. The lowest BCUT2D eigenvalue weighted by Gasteiger charge is -2.11. The van der Waals surface area contributed by atoms with Crippen molar-refractivity contribution in [1.29, 1.82) is 0 Å². The average molecular weight is 416 g/mol. The molecule has 0 aliphatic heterocycles. The number of benzene rings is 2. The molecule has 3 aromatic rings. The van der Waals surface area contributed by atoms with Crippen molar-refractivity contribution in [1.82, 2.24) is 9.78 Å². The van der Waals surface area contributed by atoms with Crippen molar-refractivity contribution < 1.29 is 30.4 Å². The van der Waals surface area contributed by atoms with Crippen molar-refractivity contribution in [3.05, 3.63) is 65.4 Å². The highest BCUT2D eigenvalue weighted by atomic mass is 32.2. The molecule has 0 radical (unpaired) electrons. The number of sulfone groups is 1. The summed E-state index contributed by atoms with van der Waals surface area (Å²) in [7, 11) is -4.21.